The highest BCUT2D eigenvalue weighted by Crippen LogP contribution is 2.14. The molecule has 116 valence electrons. The number of carbonyl (C=O) groups excluding carboxylic acids is 2. The zero-order chi connectivity index (χ0) is 15.2. The average molecular weight is 309 g/mol. The summed E-state index contributed by atoms with van der Waals surface area (Å²) < 4.78 is 0. The first-order valence-electron chi connectivity index (χ1n) is 7.48. The quantitative estimate of drug-likeness (QED) is 0.897. The van der Waals surface area contributed by atoms with Gasteiger partial charge in [0.25, 0.3) is 5.91 Å². The molecule has 0 aliphatic carbocycles. The van der Waals surface area contributed by atoms with E-state index in [9.17, 15) is 9.59 Å². The first-order valence-corrected chi connectivity index (χ1v) is 8.36. The molecule has 2 heterocycles. The maximum absolute atomic E-state index is 12.2. The maximum atomic E-state index is 12.2. The molecule has 1 atom stereocenters. The van der Waals surface area contributed by atoms with Crippen LogP contribution in [-0.2, 0) is 4.79 Å². The van der Waals surface area contributed by atoms with Gasteiger partial charge < -0.3 is 15.5 Å². The van der Waals surface area contributed by atoms with Gasteiger partial charge in [-0.05, 0) is 17.9 Å². The third-order valence-electron chi connectivity index (χ3n) is 3.75. The SMILES string of the molecule is CCCC(N)CC(=O)N1CCN(C(=O)c2cccs2)CC1. The number of hydrogen-bond donors (Lipinski definition) is 1. The van der Waals surface area contributed by atoms with Crippen LogP contribution in [0.4, 0.5) is 0 Å². The fourth-order valence-corrected chi connectivity index (χ4v) is 3.23. The van der Waals surface area contributed by atoms with E-state index in [2.05, 4.69) is 6.92 Å². The number of rotatable bonds is 5. The van der Waals surface area contributed by atoms with Crippen molar-refractivity contribution >= 4 is 23.2 Å². The number of nitrogens with two attached hydrogens (primary N) is 1. The van der Waals surface area contributed by atoms with Crippen LogP contribution in [0.2, 0.25) is 0 Å². The largest absolute Gasteiger partial charge is 0.339 e. The molecule has 0 spiro atoms. The number of carbonyl (C=O) groups is 2. The molecule has 2 rings (SSSR count). The standard InChI is InChI=1S/C15H23N3O2S/c1-2-4-12(16)11-14(19)17-6-8-18(9-7-17)15(20)13-5-3-10-21-13/h3,5,10,12H,2,4,6-9,11,16H2,1H3. The van der Waals surface area contributed by atoms with Gasteiger partial charge in [0.05, 0.1) is 4.88 Å². The van der Waals surface area contributed by atoms with Gasteiger partial charge in [-0.1, -0.05) is 19.4 Å². The van der Waals surface area contributed by atoms with Crippen molar-refractivity contribution in [1.82, 2.24) is 9.80 Å². The van der Waals surface area contributed by atoms with Gasteiger partial charge in [-0.15, -0.1) is 11.3 Å². The Morgan fingerprint density at radius 1 is 1.29 bits per heavy atom. The van der Waals surface area contributed by atoms with Crippen LogP contribution >= 0.6 is 11.3 Å². The molecule has 1 unspecified atom stereocenters. The zero-order valence-electron chi connectivity index (χ0n) is 12.5. The Kier molecular flexibility index (Phi) is 5.76. The van der Waals surface area contributed by atoms with E-state index in [1.807, 2.05) is 27.3 Å². The summed E-state index contributed by atoms with van der Waals surface area (Å²) in [6.07, 6.45) is 2.28. The second kappa shape index (κ2) is 7.56. The minimum Gasteiger partial charge on any atom is -0.339 e. The molecule has 0 radical (unpaired) electrons. The van der Waals surface area contributed by atoms with E-state index in [-0.39, 0.29) is 17.9 Å². The van der Waals surface area contributed by atoms with Gasteiger partial charge in [-0.3, -0.25) is 9.59 Å². The summed E-state index contributed by atoms with van der Waals surface area (Å²) in [5.74, 6) is 0.180. The first-order chi connectivity index (χ1) is 10.1. The molecule has 2 N–H and O–H groups in total. The van der Waals surface area contributed by atoms with E-state index in [0.717, 1.165) is 17.7 Å². The van der Waals surface area contributed by atoms with Crippen molar-refractivity contribution in [1.29, 1.82) is 0 Å². The Morgan fingerprint density at radius 3 is 2.52 bits per heavy atom. The van der Waals surface area contributed by atoms with Crippen LogP contribution < -0.4 is 5.73 Å². The molecule has 1 aromatic heterocycles. The monoisotopic (exact) mass is 309 g/mol. The summed E-state index contributed by atoms with van der Waals surface area (Å²) in [5.41, 5.74) is 5.92. The van der Waals surface area contributed by atoms with Crippen molar-refractivity contribution in [3.05, 3.63) is 22.4 Å². The molecule has 1 saturated heterocycles. The number of thiophene rings is 1. The van der Waals surface area contributed by atoms with Gasteiger partial charge in [-0.25, -0.2) is 0 Å². The number of amides is 2. The topological polar surface area (TPSA) is 66.6 Å². The molecule has 1 aliphatic rings. The van der Waals surface area contributed by atoms with Crippen LogP contribution in [-0.4, -0.2) is 53.8 Å². The average Bonchev–Trinajstić information content (AvgIpc) is 3.01. The van der Waals surface area contributed by atoms with Crippen molar-refractivity contribution in [3.63, 3.8) is 0 Å². The van der Waals surface area contributed by atoms with E-state index in [1.54, 1.807) is 0 Å². The molecule has 6 heteroatoms. The van der Waals surface area contributed by atoms with Crippen LogP contribution in [0.3, 0.4) is 0 Å². The van der Waals surface area contributed by atoms with Gasteiger partial charge >= 0.3 is 0 Å². The van der Waals surface area contributed by atoms with Crippen LogP contribution in [0, 0.1) is 0 Å². The lowest BCUT2D eigenvalue weighted by Gasteiger charge is -2.35. The van der Waals surface area contributed by atoms with Crippen molar-refractivity contribution in [2.75, 3.05) is 26.2 Å². The minimum absolute atomic E-state index is 0.0479. The van der Waals surface area contributed by atoms with Crippen LogP contribution in [0.15, 0.2) is 17.5 Å². The van der Waals surface area contributed by atoms with Gasteiger partial charge in [-0.2, -0.15) is 0 Å². The molecule has 0 bridgehead atoms. The normalized spacial score (nSPS) is 16.9. The highest BCUT2D eigenvalue weighted by molar-refractivity contribution is 7.12. The third kappa shape index (κ3) is 4.28. The molecule has 5 nitrogen and oxygen atoms in total. The highest BCUT2D eigenvalue weighted by atomic mass is 32.1. The highest BCUT2D eigenvalue weighted by Gasteiger charge is 2.25. The Labute approximate surface area is 129 Å². The lowest BCUT2D eigenvalue weighted by Crippen LogP contribution is -2.51. The third-order valence-corrected chi connectivity index (χ3v) is 4.61. The lowest BCUT2D eigenvalue weighted by atomic mass is 10.1. The van der Waals surface area contributed by atoms with E-state index >= 15 is 0 Å². The number of piperazine rings is 1. The smallest absolute Gasteiger partial charge is 0.264 e. The molecular formula is C15H23N3O2S. The molecule has 1 fully saturated rings. The molecule has 1 aromatic rings. The molecule has 2 amide bonds. The van der Waals surface area contributed by atoms with Crippen molar-refractivity contribution < 1.29 is 9.59 Å². The summed E-state index contributed by atoms with van der Waals surface area (Å²) in [4.78, 5) is 28.8. The van der Waals surface area contributed by atoms with Crippen LogP contribution in [0.1, 0.15) is 35.9 Å². The summed E-state index contributed by atoms with van der Waals surface area (Å²) >= 11 is 1.46. The van der Waals surface area contributed by atoms with Crippen LogP contribution in [0.25, 0.3) is 0 Å². The summed E-state index contributed by atoms with van der Waals surface area (Å²) in [5, 5.41) is 1.90. The van der Waals surface area contributed by atoms with E-state index in [0.29, 0.717) is 32.6 Å². The predicted octanol–water partition coefficient (Wildman–Crippen LogP) is 1.55. The molecule has 1 aliphatic heterocycles. The Hall–Kier alpha value is -1.40. The molecule has 0 saturated carbocycles. The van der Waals surface area contributed by atoms with Gasteiger partial charge in [0, 0.05) is 38.6 Å². The Bertz CT molecular complexity index is 467. The van der Waals surface area contributed by atoms with Crippen molar-refractivity contribution in [2.45, 2.75) is 32.2 Å². The first kappa shape index (κ1) is 16.0. The zero-order valence-corrected chi connectivity index (χ0v) is 13.3. The van der Waals surface area contributed by atoms with Gasteiger partial charge in [0.1, 0.15) is 0 Å². The summed E-state index contributed by atoms with van der Waals surface area (Å²) in [6, 6.07) is 3.68. The summed E-state index contributed by atoms with van der Waals surface area (Å²) in [6.45, 7) is 4.49. The minimum atomic E-state index is -0.0479. The molecular weight excluding hydrogens is 286 g/mol. The Balaban J connectivity index is 1.80. The lowest BCUT2D eigenvalue weighted by molar-refractivity contribution is -0.133. The second-order valence-electron chi connectivity index (χ2n) is 5.40. The number of nitrogens with zero attached hydrogens (tertiary/aromatic N) is 2. The predicted molar refractivity (Wildman–Crippen MR) is 84.3 cm³/mol. The molecule has 21 heavy (non-hydrogen) atoms. The van der Waals surface area contributed by atoms with Crippen molar-refractivity contribution in [2.24, 2.45) is 5.73 Å². The Morgan fingerprint density at radius 2 is 1.95 bits per heavy atom. The van der Waals surface area contributed by atoms with Crippen molar-refractivity contribution in [3.8, 4) is 0 Å². The van der Waals surface area contributed by atoms with Gasteiger partial charge in [0.15, 0.2) is 0 Å². The second-order valence-corrected chi connectivity index (χ2v) is 6.35. The van der Waals surface area contributed by atoms with E-state index in [4.69, 9.17) is 5.73 Å². The fraction of sp³-hybridized carbons (Fsp3) is 0.600. The van der Waals surface area contributed by atoms with Crippen LogP contribution in [0.5, 0.6) is 0 Å². The summed E-state index contributed by atoms with van der Waals surface area (Å²) in [7, 11) is 0. The fourth-order valence-electron chi connectivity index (χ4n) is 2.54. The van der Waals surface area contributed by atoms with Gasteiger partial charge in [0.2, 0.25) is 5.91 Å². The van der Waals surface area contributed by atoms with E-state index < -0.39 is 0 Å². The maximum Gasteiger partial charge on any atom is 0.264 e. The van der Waals surface area contributed by atoms with E-state index in [1.165, 1.54) is 11.3 Å². The molecule has 0 aromatic carbocycles. The number of hydrogen-bond acceptors (Lipinski definition) is 4.